The van der Waals surface area contributed by atoms with E-state index in [0.717, 1.165) is 19.6 Å². The first-order chi connectivity index (χ1) is 6.45. The molecule has 1 N–H and O–H groups in total. The van der Waals surface area contributed by atoms with Crippen molar-refractivity contribution in [2.45, 2.75) is 25.4 Å². The van der Waals surface area contributed by atoms with Gasteiger partial charge in [0.15, 0.2) is 0 Å². The highest BCUT2D eigenvalue weighted by Gasteiger charge is 2.14. The van der Waals surface area contributed by atoms with Gasteiger partial charge in [0, 0.05) is 25.5 Å². The van der Waals surface area contributed by atoms with Crippen molar-refractivity contribution < 1.29 is 4.74 Å². The second kappa shape index (κ2) is 4.33. The minimum absolute atomic E-state index is 0.489. The fourth-order valence-corrected chi connectivity index (χ4v) is 1.67. The van der Waals surface area contributed by atoms with Crippen LogP contribution in [0.1, 0.15) is 19.3 Å². The largest absolute Gasteiger partial charge is 0.378 e. The maximum Gasteiger partial charge on any atom is 0.0593 e. The Hall–Kier alpha value is -0.960. The van der Waals surface area contributed by atoms with Gasteiger partial charge in [0.2, 0.25) is 0 Å². The van der Waals surface area contributed by atoms with Crippen molar-refractivity contribution in [2.24, 2.45) is 0 Å². The zero-order valence-corrected chi connectivity index (χ0v) is 7.78. The van der Waals surface area contributed by atoms with Crippen molar-refractivity contribution in [3.8, 4) is 0 Å². The van der Waals surface area contributed by atoms with Gasteiger partial charge in [0.05, 0.1) is 6.10 Å². The van der Waals surface area contributed by atoms with Gasteiger partial charge in [-0.1, -0.05) is 0 Å². The predicted molar refractivity (Wildman–Crippen MR) is 52.3 cm³/mol. The molecule has 1 aliphatic rings. The highest BCUT2D eigenvalue weighted by Crippen LogP contribution is 2.14. The molecule has 1 saturated heterocycles. The lowest BCUT2D eigenvalue weighted by Gasteiger charge is -2.11. The zero-order valence-electron chi connectivity index (χ0n) is 7.78. The summed E-state index contributed by atoms with van der Waals surface area (Å²) < 4.78 is 7.50. The van der Waals surface area contributed by atoms with Crippen LogP contribution in [-0.2, 0) is 4.74 Å². The van der Waals surface area contributed by atoms with Crippen molar-refractivity contribution in [1.29, 1.82) is 0 Å². The number of nitrogens with one attached hydrogen (secondary N) is 1. The topological polar surface area (TPSA) is 26.2 Å². The normalized spacial score (nSPS) is 22.0. The second-order valence-electron chi connectivity index (χ2n) is 3.42. The molecule has 2 rings (SSSR count). The van der Waals surface area contributed by atoms with Crippen LogP contribution < -0.4 is 5.43 Å². The Bertz CT molecular complexity index is 227. The SMILES string of the molecule is c1ccn(NCCC2CCCO2)c1. The lowest BCUT2D eigenvalue weighted by molar-refractivity contribution is 0.106. The molecular formula is C10H16N2O. The van der Waals surface area contributed by atoms with Crippen LogP contribution in [0.15, 0.2) is 24.5 Å². The quantitative estimate of drug-likeness (QED) is 0.761. The van der Waals surface area contributed by atoms with Gasteiger partial charge in [-0.05, 0) is 31.4 Å². The molecule has 1 aliphatic heterocycles. The van der Waals surface area contributed by atoms with E-state index in [-0.39, 0.29) is 0 Å². The van der Waals surface area contributed by atoms with Crippen LogP contribution in [0.4, 0.5) is 0 Å². The molecule has 0 aliphatic carbocycles. The van der Waals surface area contributed by atoms with Crippen molar-refractivity contribution in [2.75, 3.05) is 18.6 Å². The average Bonchev–Trinajstić information content (AvgIpc) is 2.75. The highest BCUT2D eigenvalue weighted by atomic mass is 16.5. The molecule has 1 fully saturated rings. The number of ether oxygens (including phenoxy) is 1. The maximum atomic E-state index is 5.52. The van der Waals surface area contributed by atoms with Crippen molar-refractivity contribution in [3.05, 3.63) is 24.5 Å². The molecule has 1 unspecified atom stereocenters. The summed E-state index contributed by atoms with van der Waals surface area (Å²) in [6, 6.07) is 4.03. The maximum absolute atomic E-state index is 5.52. The Balaban J connectivity index is 1.63. The van der Waals surface area contributed by atoms with Crippen LogP contribution in [0.25, 0.3) is 0 Å². The van der Waals surface area contributed by atoms with Gasteiger partial charge in [0.1, 0.15) is 0 Å². The molecule has 3 nitrogen and oxygen atoms in total. The lowest BCUT2D eigenvalue weighted by Crippen LogP contribution is -2.18. The molecule has 1 aromatic heterocycles. The van der Waals surface area contributed by atoms with Crippen LogP contribution in [0.2, 0.25) is 0 Å². The van der Waals surface area contributed by atoms with Crippen LogP contribution in [0.5, 0.6) is 0 Å². The summed E-state index contributed by atoms with van der Waals surface area (Å²) in [4.78, 5) is 0. The number of aromatic nitrogens is 1. The van der Waals surface area contributed by atoms with Crippen molar-refractivity contribution in [1.82, 2.24) is 4.68 Å². The molecule has 0 saturated carbocycles. The van der Waals surface area contributed by atoms with Gasteiger partial charge in [-0.3, -0.25) is 4.68 Å². The minimum Gasteiger partial charge on any atom is -0.378 e. The molecule has 2 heterocycles. The van der Waals surface area contributed by atoms with Gasteiger partial charge in [0.25, 0.3) is 0 Å². The Morgan fingerprint density at radius 2 is 2.23 bits per heavy atom. The monoisotopic (exact) mass is 180 g/mol. The van der Waals surface area contributed by atoms with E-state index in [1.165, 1.54) is 12.8 Å². The molecular weight excluding hydrogens is 164 g/mol. The second-order valence-corrected chi connectivity index (χ2v) is 3.42. The van der Waals surface area contributed by atoms with Gasteiger partial charge in [-0.15, -0.1) is 0 Å². The first-order valence-electron chi connectivity index (χ1n) is 4.93. The van der Waals surface area contributed by atoms with Crippen LogP contribution in [-0.4, -0.2) is 23.9 Å². The minimum atomic E-state index is 0.489. The smallest absolute Gasteiger partial charge is 0.0593 e. The molecule has 0 amide bonds. The van der Waals surface area contributed by atoms with E-state index < -0.39 is 0 Å². The van der Waals surface area contributed by atoms with E-state index in [1.807, 2.05) is 29.2 Å². The van der Waals surface area contributed by atoms with E-state index in [4.69, 9.17) is 4.74 Å². The lowest BCUT2D eigenvalue weighted by atomic mass is 10.2. The molecule has 0 spiro atoms. The number of hydrogen-bond acceptors (Lipinski definition) is 2. The zero-order chi connectivity index (χ0) is 8.93. The van der Waals surface area contributed by atoms with E-state index in [2.05, 4.69) is 5.43 Å². The molecule has 0 aromatic carbocycles. The summed E-state index contributed by atoms with van der Waals surface area (Å²) in [6.45, 7) is 1.94. The van der Waals surface area contributed by atoms with E-state index in [1.54, 1.807) is 0 Å². The van der Waals surface area contributed by atoms with Crippen molar-refractivity contribution in [3.63, 3.8) is 0 Å². The standard InChI is InChI=1S/C10H16N2O/c1-2-8-12(7-1)11-6-5-10-4-3-9-13-10/h1-2,7-8,10-11H,3-6,9H2. The summed E-state index contributed by atoms with van der Waals surface area (Å²) in [5, 5.41) is 0. The van der Waals surface area contributed by atoms with Crippen molar-refractivity contribution >= 4 is 0 Å². The van der Waals surface area contributed by atoms with E-state index in [9.17, 15) is 0 Å². The summed E-state index contributed by atoms with van der Waals surface area (Å²) in [6.07, 6.45) is 8.08. The summed E-state index contributed by atoms with van der Waals surface area (Å²) >= 11 is 0. The molecule has 0 bridgehead atoms. The highest BCUT2D eigenvalue weighted by molar-refractivity contribution is 4.93. The Morgan fingerprint density at radius 3 is 2.92 bits per heavy atom. The summed E-state index contributed by atoms with van der Waals surface area (Å²) in [7, 11) is 0. The molecule has 13 heavy (non-hydrogen) atoms. The molecule has 72 valence electrons. The van der Waals surface area contributed by atoms with Gasteiger partial charge in [-0.2, -0.15) is 0 Å². The number of rotatable bonds is 4. The molecule has 1 aromatic rings. The first-order valence-corrected chi connectivity index (χ1v) is 4.93. The predicted octanol–water partition coefficient (Wildman–Crippen LogP) is 1.60. The summed E-state index contributed by atoms with van der Waals surface area (Å²) in [5.74, 6) is 0. The van der Waals surface area contributed by atoms with Crippen LogP contribution in [0.3, 0.4) is 0 Å². The van der Waals surface area contributed by atoms with Gasteiger partial charge >= 0.3 is 0 Å². The Kier molecular flexibility index (Phi) is 2.87. The fraction of sp³-hybridized carbons (Fsp3) is 0.600. The molecule has 3 heteroatoms. The Labute approximate surface area is 78.7 Å². The first kappa shape index (κ1) is 8.63. The third-order valence-electron chi connectivity index (χ3n) is 2.39. The third kappa shape index (κ3) is 2.49. The molecule has 1 atom stereocenters. The fourth-order valence-electron chi connectivity index (χ4n) is 1.67. The molecule has 0 radical (unpaired) electrons. The van der Waals surface area contributed by atoms with Gasteiger partial charge in [-0.25, -0.2) is 0 Å². The van der Waals surface area contributed by atoms with E-state index in [0.29, 0.717) is 6.10 Å². The van der Waals surface area contributed by atoms with Gasteiger partial charge < -0.3 is 10.2 Å². The van der Waals surface area contributed by atoms with Crippen LogP contribution in [0, 0.1) is 0 Å². The van der Waals surface area contributed by atoms with E-state index >= 15 is 0 Å². The summed E-state index contributed by atoms with van der Waals surface area (Å²) in [5.41, 5.74) is 3.29. The average molecular weight is 180 g/mol. The number of hydrogen-bond donors (Lipinski definition) is 1. The Morgan fingerprint density at radius 1 is 1.38 bits per heavy atom. The number of nitrogens with zero attached hydrogens (tertiary/aromatic N) is 1. The van der Waals surface area contributed by atoms with Crippen LogP contribution >= 0.6 is 0 Å². The third-order valence-corrected chi connectivity index (χ3v) is 2.39.